The molecule has 1 saturated heterocycles. The Bertz CT molecular complexity index is 442. The summed E-state index contributed by atoms with van der Waals surface area (Å²) in [5.41, 5.74) is 0.867. The minimum atomic E-state index is -0.0965. The average Bonchev–Trinajstić information content (AvgIpc) is 3.17. The van der Waals surface area contributed by atoms with E-state index in [1.54, 1.807) is 19.4 Å². The van der Waals surface area contributed by atoms with Gasteiger partial charge in [0.2, 0.25) is 11.8 Å². The molecule has 0 unspecified atom stereocenters. The van der Waals surface area contributed by atoms with Crippen LogP contribution in [-0.2, 0) is 4.79 Å². The fourth-order valence-electron chi connectivity index (χ4n) is 2.37. The van der Waals surface area contributed by atoms with E-state index in [9.17, 15) is 4.79 Å². The summed E-state index contributed by atoms with van der Waals surface area (Å²) in [5.74, 6) is 0.811. The minimum Gasteiger partial charge on any atom is -0.481 e. The zero-order valence-electron chi connectivity index (χ0n) is 10.4. The summed E-state index contributed by atoms with van der Waals surface area (Å²) in [6, 6.07) is 4.10. The second-order valence-electron chi connectivity index (χ2n) is 4.84. The molecule has 1 aliphatic heterocycles. The Hall–Kier alpha value is -1.78. The van der Waals surface area contributed by atoms with E-state index >= 15 is 0 Å². The quantitative estimate of drug-likeness (QED) is 0.870. The molecule has 1 amide bonds. The molecule has 5 nitrogen and oxygen atoms in total. The van der Waals surface area contributed by atoms with Crippen LogP contribution in [0.5, 0.6) is 5.88 Å². The van der Waals surface area contributed by atoms with Crippen LogP contribution in [0.25, 0.3) is 0 Å². The topological polar surface area (TPSA) is 54.5 Å². The number of methoxy groups -OCH3 is 1. The Labute approximate surface area is 106 Å². The molecule has 18 heavy (non-hydrogen) atoms. The molecule has 0 bridgehead atoms. The maximum atomic E-state index is 12.1. The molecule has 1 atom stereocenters. The molecule has 3 rings (SSSR count). The lowest BCUT2D eigenvalue weighted by molar-refractivity contribution is -0.128. The number of likely N-dealkylation sites (tertiary alicyclic amines) is 1. The predicted molar refractivity (Wildman–Crippen MR) is 67.6 cm³/mol. The Morgan fingerprint density at radius 2 is 2.22 bits per heavy atom. The SMILES string of the molecule is COc1ccc(N[C@@H]2CCN(C3CC3)C2=O)cn1. The number of aromatic nitrogens is 1. The molecule has 5 heteroatoms. The number of pyridine rings is 1. The van der Waals surface area contributed by atoms with Crippen LogP contribution in [0.3, 0.4) is 0 Å². The molecular weight excluding hydrogens is 230 g/mol. The van der Waals surface area contributed by atoms with E-state index < -0.39 is 0 Å². The first kappa shape index (κ1) is 11.3. The lowest BCUT2D eigenvalue weighted by Crippen LogP contribution is -2.34. The van der Waals surface area contributed by atoms with Gasteiger partial charge < -0.3 is 15.0 Å². The molecule has 0 aromatic carbocycles. The molecule has 2 heterocycles. The van der Waals surface area contributed by atoms with Gasteiger partial charge in [-0.25, -0.2) is 4.98 Å². The maximum Gasteiger partial charge on any atom is 0.245 e. The molecular formula is C13H17N3O2. The highest BCUT2D eigenvalue weighted by molar-refractivity contribution is 5.87. The molecule has 2 aliphatic rings. The van der Waals surface area contributed by atoms with Gasteiger partial charge in [-0.2, -0.15) is 0 Å². The molecule has 1 aromatic rings. The van der Waals surface area contributed by atoms with E-state index in [0.29, 0.717) is 11.9 Å². The number of nitrogens with zero attached hydrogens (tertiary/aromatic N) is 2. The van der Waals surface area contributed by atoms with E-state index in [0.717, 1.165) is 18.7 Å². The Kier molecular flexibility index (Phi) is 2.81. The van der Waals surface area contributed by atoms with Crippen LogP contribution < -0.4 is 10.1 Å². The van der Waals surface area contributed by atoms with Crippen LogP contribution in [0.4, 0.5) is 5.69 Å². The van der Waals surface area contributed by atoms with Crippen molar-refractivity contribution in [1.29, 1.82) is 0 Å². The summed E-state index contributed by atoms with van der Waals surface area (Å²) in [7, 11) is 1.59. The van der Waals surface area contributed by atoms with E-state index in [1.165, 1.54) is 12.8 Å². The number of anilines is 1. The molecule has 0 radical (unpaired) electrons. The van der Waals surface area contributed by atoms with Gasteiger partial charge in [-0.05, 0) is 25.3 Å². The van der Waals surface area contributed by atoms with Gasteiger partial charge in [0.1, 0.15) is 6.04 Å². The number of hydrogen-bond acceptors (Lipinski definition) is 4. The zero-order valence-corrected chi connectivity index (χ0v) is 10.4. The second kappa shape index (κ2) is 4.48. The lowest BCUT2D eigenvalue weighted by atomic mass is 10.2. The van der Waals surface area contributed by atoms with Crippen molar-refractivity contribution in [2.75, 3.05) is 19.0 Å². The Morgan fingerprint density at radius 1 is 1.39 bits per heavy atom. The van der Waals surface area contributed by atoms with Gasteiger partial charge in [-0.1, -0.05) is 0 Å². The fourth-order valence-corrected chi connectivity index (χ4v) is 2.37. The summed E-state index contributed by atoms with van der Waals surface area (Å²) in [4.78, 5) is 18.3. The highest BCUT2D eigenvalue weighted by Gasteiger charge is 2.40. The van der Waals surface area contributed by atoms with Crippen LogP contribution in [-0.4, -0.2) is 41.5 Å². The fraction of sp³-hybridized carbons (Fsp3) is 0.538. The van der Waals surface area contributed by atoms with Crippen LogP contribution >= 0.6 is 0 Å². The molecule has 2 fully saturated rings. The Balaban J connectivity index is 1.63. The number of ether oxygens (including phenoxy) is 1. The standard InChI is InChI=1S/C13H17N3O2/c1-18-12-5-2-9(8-14-12)15-11-6-7-16(13(11)17)10-3-4-10/h2,5,8,10-11,15H,3-4,6-7H2,1H3/t11-/m1/s1. The van der Waals surface area contributed by atoms with Crippen molar-refractivity contribution >= 4 is 11.6 Å². The zero-order chi connectivity index (χ0) is 12.5. The van der Waals surface area contributed by atoms with Gasteiger partial charge in [0, 0.05) is 18.7 Å². The van der Waals surface area contributed by atoms with E-state index in [-0.39, 0.29) is 11.9 Å². The van der Waals surface area contributed by atoms with Gasteiger partial charge in [0.15, 0.2) is 0 Å². The van der Waals surface area contributed by atoms with Gasteiger partial charge in [-0.15, -0.1) is 0 Å². The highest BCUT2D eigenvalue weighted by Crippen LogP contribution is 2.31. The van der Waals surface area contributed by atoms with E-state index in [4.69, 9.17) is 4.74 Å². The summed E-state index contributed by atoms with van der Waals surface area (Å²) in [6.45, 7) is 0.880. The van der Waals surface area contributed by atoms with E-state index in [2.05, 4.69) is 10.3 Å². The van der Waals surface area contributed by atoms with Crippen LogP contribution in [0.1, 0.15) is 19.3 Å². The molecule has 1 saturated carbocycles. The van der Waals surface area contributed by atoms with Crippen molar-refractivity contribution in [1.82, 2.24) is 9.88 Å². The first-order valence-corrected chi connectivity index (χ1v) is 6.35. The van der Waals surface area contributed by atoms with Crippen LogP contribution in [0, 0.1) is 0 Å². The molecule has 1 aromatic heterocycles. The lowest BCUT2D eigenvalue weighted by Gasteiger charge is -2.16. The molecule has 0 spiro atoms. The molecule has 1 N–H and O–H groups in total. The number of hydrogen-bond donors (Lipinski definition) is 1. The van der Waals surface area contributed by atoms with Crippen LogP contribution in [0.15, 0.2) is 18.3 Å². The van der Waals surface area contributed by atoms with Crippen LogP contribution in [0.2, 0.25) is 0 Å². The number of carbonyl (C=O) groups is 1. The van der Waals surface area contributed by atoms with Crippen molar-refractivity contribution in [2.45, 2.75) is 31.3 Å². The first-order valence-electron chi connectivity index (χ1n) is 6.35. The predicted octanol–water partition coefficient (Wildman–Crippen LogP) is 1.27. The summed E-state index contributed by atoms with van der Waals surface area (Å²) in [6.07, 6.45) is 4.92. The largest absolute Gasteiger partial charge is 0.481 e. The summed E-state index contributed by atoms with van der Waals surface area (Å²) in [5, 5.41) is 3.25. The second-order valence-corrected chi connectivity index (χ2v) is 4.84. The number of rotatable bonds is 4. The smallest absolute Gasteiger partial charge is 0.245 e. The minimum absolute atomic E-state index is 0.0965. The van der Waals surface area contributed by atoms with Crippen molar-refractivity contribution in [3.63, 3.8) is 0 Å². The van der Waals surface area contributed by atoms with Gasteiger partial charge in [0.25, 0.3) is 0 Å². The van der Waals surface area contributed by atoms with E-state index in [1.807, 2.05) is 11.0 Å². The summed E-state index contributed by atoms with van der Waals surface area (Å²) < 4.78 is 5.00. The molecule has 96 valence electrons. The third kappa shape index (κ3) is 2.12. The number of carbonyl (C=O) groups excluding carboxylic acids is 1. The Morgan fingerprint density at radius 3 is 2.83 bits per heavy atom. The van der Waals surface area contributed by atoms with Crippen molar-refractivity contribution in [3.8, 4) is 5.88 Å². The third-order valence-electron chi connectivity index (χ3n) is 3.51. The van der Waals surface area contributed by atoms with Crippen molar-refractivity contribution in [3.05, 3.63) is 18.3 Å². The first-order chi connectivity index (χ1) is 8.78. The van der Waals surface area contributed by atoms with Gasteiger partial charge in [0.05, 0.1) is 19.0 Å². The normalized spacial score (nSPS) is 23.3. The highest BCUT2D eigenvalue weighted by atomic mass is 16.5. The van der Waals surface area contributed by atoms with Gasteiger partial charge >= 0.3 is 0 Å². The monoisotopic (exact) mass is 247 g/mol. The van der Waals surface area contributed by atoms with Crippen molar-refractivity contribution < 1.29 is 9.53 Å². The summed E-state index contributed by atoms with van der Waals surface area (Å²) >= 11 is 0. The molecule has 1 aliphatic carbocycles. The van der Waals surface area contributed by atoms with Gasteiger partial charge in [-0.3, -0.25) is 4.79 Å². The maximum absolute atomic E-state index is 12.1. The van der Waals surface area contributed by atoms with Crippen molar-refractivity contribution in [2.24, 2.45) is 0 Å². The average molecular weight is 247 g/mol. The third-order valence-corrected chi connectivity index (χ3v) is 3.51. The number of amides is 1. The number of nitrogens with one attached hydrogen (secondary N) is 1.